The first-order valence-electron chi connectivity index (χ1n) is 6.91. The monoisotopic (exact) mass is 293 g/mol. The molecule has 1 aromatic carbocycles. The highest BCUT2D eigenvalue weighted by molar-refractivity contribution is 5.81. The van der Waals surface area contributed by atoms with E-state index in [4.69, 9.17) is 4.74 Å². The summed E-state index contributed by atoms with van der Waals surface area (Å²) in [5.41, 5.74) is 0.867. The van der Waals surface area contributed by atoms with Gasteiger partial charge in [0.05, 0.1) is 24.1 Å². The second-order valence-corrected chi connectivity index (χ2v) is 4.94. The van der Waals surface area contributed by atoms with Crippen LogP contribution in [0, 0.1) is 10.1 Å². The Labute approximate surface area is 123 Å². The van der Waals surface area contributed by atoms with Crippen molar-refractivity contribution in [1.29, 1.82) is 0 Å². The molecule has 1 heterocycles. The van der Waals surface area contributed by atoms with Crippen molar-refractivity contribution in [2.45, 2.75) is 26.1 Å². The van der Waals surface area contributed by atoms with Crippen molar-refractivity contribution in [3.8, 4) is 0 Å². The molecule has 0 spiro atoms. The Morgan fingerprint density at radius 1 is 1.48 bits per heavy atom. The number of non-ortho nitro benzene ring substituents is 1. The van der Waals surface area contributed by atoms with Crippen LogP contribution in [0.5, 0.6) is 0 Å². The van der Waals surface area contributed by atoms with Gasteiger partial charge in [0, 0.05) is 18.7 Å². The number of nitrogens with zero attached hydrogens (tertiary/aromatic N) is 2. The van der Waals surface area contributed by atoms with E-state index < -0.39 is 4.92 Å². The molecule has 1 N–H and O–H groups in total. The minimum atomic E-state index is -0.438. The fourth-order valence-electron chi connectivity index (χ4n) is 2.44. The van der Waals surface area contributed by atoms with E-state index in [-0.39, 0.29) is 30.3 Å². The number of ether oxygens (including phenoxy) is 1. The molecule has 21 heavy (non-hydrogen) atoms. The van der Waals surface area contributed by atoms with Gasteiger partial charge in [-0.25, -0.2) is 0 Å². The van der Waals surface area contributed by atoms with Gasteiger partial charge in [-0.1, -0.05) is 0 Å². The van der Waals surface area contributed by atoms with Gasteiger partial charge in [-0.15, -0.1) is 0 Å². The van der Waals surface area contributed by atoms with E-state index in [9.17, 15) is 14.9 Å². The van der Waals surface area contributed by atoms with Crippen LogP contribution in [0.1, 0.15) is 25.6 Å². The Balaban J connectivity index is 2.16. The summed E-state index contributed by atoms with van der Waals surface area (Å²) in [7, 11) is 0. The molecule has 0 radical (unpaired) electrons. The van der Waals surface area contributed by atoms with Crippen LogP contribution < -0.4 is 5.32 Å². The molecule has 0 saturated carbocycles. The zero-order valence-electron chi connectivity index (χ0n) is 12.1. The summed E-state index contributed by atoms with van der Waals surface area (Å²) in [5, 5.41) is 13.8. The average molecular weight is 293 g/mol. The number of benzene rings is 1. The Morgan fingerprint density at radius 2 is 2.14 bits per heavy atom. The van der Waals surface area contributed by atoms with Gasteiger partial charge in [-0.2, -0.15) is 0 Å². The van der Waals surface area contributed by atoms with Crippen LogP contribution in [0.25, 0.3) is 0 Å². The van der Waals surface area contributed by atoms with E-state index in [1.54, 1.807) is 17.0 Å². The molecule has 1 fully saturated rings. The molecule has 1 amide bonds. The number of nitro benzene ring substituents is 1. The Hall–Kier alpha value is -1.99. The van der Waals surface area contributed by atoms with Crippen LogP contribution >= 0.6 is 0 Å². The quantitative estimate of drug-likeness (QED) is 0.634. The maximum Gasteiger partial charge on any atom is 0.269 e. The first-order chi connectivity index (χ1) is 10.0. The van der Waals surface area contributed by atoms with Gasteiger partial charge >= 0.3 is 0 Å². The summed E-state index contributed by atoms with van der Waals surface area (Å²) in [6.45, 7) is 5.16. The number of nitrogens with one attached hydrogen (secondary N) is 1. The normalized spacial score (nSPS) is 19.8. The summed E-state index contributed by atoms with van der Waals surface area (Å²) < 4.78 is 5.38. The molecule has 7 heteroatoms. The van der Waals surface area contributed by atoms with Gasteiger partial charge in [0.25, 0.3) is 5.69 Å². The van der Waals surface area contributed by atoms with Crippen LogP contribution in [-0.4, -0.2) is 41.5 Å². The SMILES string of the molecule is CCOCC(C)N1C(=O)CNC1c1ccc([N+](=O)[O-])cc1. The number of hydrogen-bond acceptors (Lipinski definition) is 5. The number of carbonyl (C=O) groups is 1. The molecule has 7 nitrogen and oxygen atoms in total. The fraction of sp³-hybridized carbons (Fsp3) is 0.500. The smallest absolute Gasteiger partial charge is 0.269 e. The first kappa shape index (κ1) is 15.4. The minimum Gasteiger partial charge on any atom is -0.380 e. The summed E-state index contributed by atoms with van der Waals surface area (Å²) in [5.74, 6) is 0.00514. The van der Waals surface area contributed by atoms with Gasteiger partial charge in [-0.3, -0.25) is 20.2 Å². The van der Waals surface area contributed by atoms with E-state index in [0.717, 1.165) is 5.56 Å². The molecule has 2 unspecified atom stereocenters. The van der Waals surface area contributed by atoms with Crippen molar-refractivity contribution in [1.82, 2.24) is 10.2 Å². The summed E-state index contributed by atoms with van der Waals surface area (Å²) >= 11 is 0. The van der Waals surface area contributed by atoms with E-state index in [1.165, 1.54) is 12.1 Å². The van der Waals surface area contributed by atoms with Crippen molar-refractivity contribution in [3.63, 3.8) is 0 Å². The second-order valence-electron chi connectivity index (χ2n) is 4.94. The standard InChI is InChI=1S/C14H19N3O4/c1-3-21-9-10(2)16-13(18)8-15-14(16)11-4-6-12(7-5-11)17(19)20/h4-7,10,14-15H,3,8-9H2,1-2H3. The predicted molar refractivity (Wildman–Crippen MR) is 76.6 cm³/mol. The largest absolute Gasteiger partial charge is 0.380 e. The zero-order chi connectivity index (χ0) is 15.4. The summed E-state index contributed by atoms with van der Waals surface area (Å²) in [4.78, 5) is 24.0. The molecule has 0 aliphatic carbocycles. The predicted octanol–water partition coefficient (Wildman–Crippen LogP) is 1.45. The number of carbonyl (C=O) groups excluding carboxylic acids is 1. The van der Waals surface area contributed by atoms with Gasteiger partial charge in [0.2, 0.25) is 5.91 Å². The van der Waals surface area contributed by atoms with Crippen molar-refractivity contribution >= 4 is 11.6 Å². The maximum atomic E-state index is 12.0. The number of amides is 1. The van der Waals surface area contributed by atoms with Gasteiger partial charge in [0.1, 0.15) is 6.17 Å². The van der Waals surface area contributed by atoms with Gasteiger partial charge in [0.15, 0.2) is 0 Å². The maximum absolute atomic E-state index is 12.0. The molecule has 114 valence electrons. The highest BCUT2D eigenvalue weighted by Crippen LogP contribution is 2.26. The summed E-state index contributed by atoms with van der Waals surface area (Å²) in [6, 6.07) is 6.19. The highest BCUT2D eigenvalue weighted by Gasteiger charge is 2.35. The fourth-order valence-corrected chi connectivity index (χ4v) is 2.44. The van der Waals surface area contributed by atoms with E-state index in [2.05, 4.69) is 5.32 Å². The zero-order valence-corrected chi connectivity index (χ0v) is 12.1. The van der Waals surface area contributed by atoms with Gasteiger partial charge < -0.3 is 9.64 Å². The molecule has 0 aromatic heterocycles. The second kappa shape index (κ2) is 6.64. The number of nitro groups is 1. The third kappa shape index (κ3) is 3.37. The first-order valence-corrected chi connectivity index (χ1v) is 6.91. The third-order valence-electron chi connectivity index (χ3n) is 3.47. The van der Waals surface area contributed by atoms with Gasteiger partial charge in [-0.05, 0) is 31.5 Å². The molecular formula is C14H19N3O4. The molecular weight excluding hydrogens is 274 g/mol. The lowest BCUT2D eigenvalue weighted by atomic mass is 10.1. The molecule has 2 atom stereocenters. The lowest BCUT2D eigenvalue weighted by Crippen LogP contribution is -2.40. The van der Waals surface area contributed by atoms with Crippen molar-refractivity contribution in [2.75, 3.05) is 19.8 Å². The van der Waals surface area contributed by atoms with Crippen molar-refractivity contribution in [3.05, 3.63) is 39.9 Å². The van der Waals surface area contributed by atoms with Crippen LogP contribution in [0.3, 0.4) is 0 Å². The lowest BCUT2D eigenvalue weighted by molar-refractivity contribution is -0.384. The van der Waals surface area contributed by atoms with Crippen molar-refractivity contribution < 1.29 is 14.5 Å². The van der Waals surface area contributed by atoms with E-state index in [0.29, 0.717) is 13.2 Å². The number of rotatable bonds is 6. The molecule has 1 aliphatic heterocycles. The summed E-state index contributed by atoms with van der Waals surface area (Å²) in [6.07, 6.45) is -0.270. The van der Waals surface area contributed by atoms with Crippen LogP contribution in [0.2, 0.25) is 0 Å². The molecule has 1 saturated heterocycles. The van der Waals surface area contributed by atoms with E-state index in [1.807, 2.05) is 13.8 Å². The molecule has 0 bridgehead atoms. The third-order valence-corrected chi connectivity index (χ3v) is 3.47. The minimum absolute atomic E-state index is 0.00514. The van der Waals surface area contributed by atoms with Crippen LogP contribution in [-0.2, 0) is 9.53 Å². The average Bonchev–Trinajstić information content (AvgIpc) is 2.86. The van der Waals surface area contributed by atoms with E-state index >= 15 is 0 Å². The molecule has 2 rings (SSSR count). The molecule has 1 aliphatic rings. The number of hydrogen-bond donors (Lipinski definition) is 1. The molecule has 1 aromatic rings. The Morgan fingerprint density at radius 3 is 2.71 bits per heavy atom. The van der Waals surface area contributed by atoms with Crippen LogP contribution in [0.15, 0.2) is 24.3 Å². The van der Waals surface area contributed by atoms with Crippen molar-refractivity contribution in [2.24, 2.45) is 0 Å². The highest BCUT2D eigenvalue weighted by atomic mass is 16.6. The Kier molecular flexibility index (Phi) is 4.87. The van der Waals surface area contributed by atoms with Crippen LogP contribution in [0.4, 0.5) is 5.69 Å². The Bertz CT molecular complexity index is 517. The topological polar surface area (TPSA) is 84.7 Å². The lowest BCUT2D eigenvalue weighted by Gasteiger charge is -2.30.